The van der Waals surface area contributed by atoms with Crippen molar-refractivity contribution in [1.82, 2.24) is 0 Å². The number of aliphatic carboxylic acids is 1. The third-order valence-electron chi connectivity index (χ3n) is 2.28. The number of hydrogen-bond donors (Lipinski definition) is 1. The molecule has 3 nitrogen and oxygen atoms in total. The number of nitriles is 1. The Morgan fingerprint density at radius 3 is 2.88 bits per heavy atom. The molecule has 0 heterocycles. The zero-order valence-electron chi connectivity index (χ0n) is 9.31. The van der Waals surface area contributed by atoms with E-state index in [0.29, 0.717) is 17.7 Å². The number of nitrogens with zero attached hydrogens (tertiary/aromatic N) is 1. The molecule has 1 N–H and O–H groups in total. The van der Waals surface area contributed by atoms with Crippen molar-refractivity contribution in [3.63, 3.8) is 0 Å². The number of carboxylic acids is 1. The minimum atomic E-state index is -0.863. The van der Waals surface area contributed by atoms with Crippen LogP contribution in [-0.4, -0.2) is 16.3 Å². The first-order valence-electron chi connectivity index (χ1n) is 5.11. The summed E-state index contributed by atoms with van der Waals surface area (Å²) in [6, 6.07) is 5.87. The molecule has 0 bridgehead atoms. The molecule has 0 spiro atoms. The summed E-state index contributed by atoms with van der Waals surface area (Å²) in [6.45, 7) is 1.79. The summed E-state index contributed by atoms with van der Waals surface area (Å²) in [4.78, 5) is 10.8. The van der Waals surface area contributed by atoms with E-state index in [-0.39, 0.29) is 5.56 Å². The monoisotopic (exact) mass is 253 g/mol. The van der Waals surface area contributed by atoms with E-state index < -0.39 is 17.0 Å². The van der Waals surface area contributed by atoms with Gasteiger partial charge in [0.05, 0.1) is 11.6 Å². The Morgan fingerprint density at radius 2 is 2.35 bits per heavy atom. The number of halogens is 1. The molecule has 17 heavy (non-hydrogen) atoms. The number of hydrogen-bond acceptors (Lipinski definition) is 3. The van der Waals surface area contributed by atoms with Crippen LogP contribution in [0, 0.1) is 17.1 Å². The van der Waals surface area contributed by atoms with Gasteiger partial charge in [-0.3, -0.25) is 4.79 Å². The number of carbonyl (C=O) groups is 1. The fourth-order valence-corrected chi connectivity index (χ4v) is 2.34. The molecule has 0 aromatic heterocycles. The van der Waals surface area contributed by atoms with Crippen molar-refractivity contribution in [2.75, 3.05) is 0 Å². The highest BCUT2D eigenvalue weighted by Gasteiger charge is 2.16. The van der Waals surface area contributed by atoms with Gasteiger partial charge in [-0.2, -0.15) is 5.26 Å². The van der Waals surface area contributed by atoms with Crippen molar-refractivity contribution in [1.29, 1.82) is 5.26 Å². The Kier molecular flexibility index (Phi) is 4.98. The predicted octanol–water partition coefficient (Wildman–Crippen LogP) is 2.79. The summed E-state index contributed by atoms with van der Waals surface area (Å²) < 4.78 is 12.9. The summed E-state index contributed by atoms with van der Waals surface area (Å²) in [5, 5.41) is 17.2. The third-order valence-corrected chi connectivity index (χ3v) is 3.69. The maximum absolute atomic E-state index is 12.9. The maximum Gasteiger partial charge on any atom is 0.316 e. The van der Waals surface area contributed by atoms with Gasteiger partial charge in [-0.15, -0.1) is 11.8 Å². The van der Waals surface area contributed by atoms with Gasteiger partial charge >= 0.3 is 5.97 Å². The molecule has 0 amide bonds. The molecular weight excluding hydrogens is 241 g/mol. The zero-order valence-corrected chi connectivity index (χ0v) is 10.1. The molecule has 0 radical (unpaired) electrons. The van der Waals surface area contributed by atoms with Gasteiger partial charge in [0.25, 0.3) is 0 Å². The van der Waals surface area contributed by atoms with Gasteiger partial charge in [-0.05, 0) is 24.1 Å². The van der Waals surface area contributed by atoms with Crippen LogP contribution in [-0.2, 0) is 10.5 Å². The van der Waals surface area contributed by atoms with E-state index in [0.717, 1.165) is 6.07 Å². The molecular formula is C12H12FNO2S. The molecule has 1 aromatic carbocycles. The van der Waals surface area contributed by atoms with Crippen molar-refractivity contribution >= 4 is 17.7 Å². The standard InChI is InChI=1S/C12H12FNO2S/c1-2-11(12(15)16)17-7-8-3-4-10(13)5-9(8)6-14/h3-5,11H,2,7H2,1H3,(H,15,16). The van der Waals surface area contributed by atoms with Crippen LogP contribution in [0.3, 0.4) is 0 Å². The zero-order chi connectivity index (χ0) is 12.8. The molecule has 1 rings (SSSR count). The Balaban J connectivity index is 2.76. The van der Waals surface area contributed by atoms with Crippen LogP contribution in [0.4, 0.5) is 4.39 Å². The normalized spacial score (nSPS) is 11.8. The summed E-state index contributed by atoms with van der Waals surface area (Å²) in [7, 11) is 0. The van der Waals surface area contributed by atoms with Crippen LogP contribution in [0.5, 0.6) is 0 Å². The van der Waals surface area contributed by atoms with E-state index in [1.165, 1.54) is 23.9 Å². The lowest BCUT2D eigenvalue weighted by Gasteiger charge is -2.10. The summed E-state index contributed by atoms with van der Waals surface area (Å²) in [5.74, 6) is -0.924. The lowest BCUT2D eigenvalue weighted by Crippen LogP contribution is -2.15. The predicted molar refractivity (Wildman–Crippen MR) is 64.1 cm³/mol. The highest BCUT2D eigenvalue weighted by molar-refractivity contribution is 7.99. The smallest absolute Gasteiger partial charge is 0.316 e. The summed E-state index contributed by atoms with van der Waals surface area (Å²) in [6.07, 6.45) is 0.517. The first kappa shape index (κ1) is 13.5. The van der Waals surface area contributed by atoms with E-state index in [4.69, 9.17) is 10.4 Å². The fraction of sp³-hybridized carbons (Fsp3) is 0.333. The van der Waals surface area contributed by atoms with Gasteiger partial charge in [0.1, 0.15) is 11.1 Å². The first-order valence-corrected chi connectivity index (χ1v) is 6.16. The second kappa shape index (κ2) is 6.26. The maximum atomic E-state index is 12.9. The molecule has 0 saturated heterocycles. The molecule has 1 unspecified atom stereocenters. The summed E-state index contributed by atoms with van der Waals surface area (Å²) >= 11 is 1.25. The van der Waals surface area contributed by atoms with Crippen molar-refractivity contribution in [3.05, 3.63) is 35.1 Å². The molecule has 0 saturated carbocycles. The van der Waals surface area contributed by atoms with E-state index >= 15 is 0 Å². The average Bonchev–Trinajstić information content (AvgIpc) is 2.31. The van der Waals surface area contributed by atoms with Crippen LogP contribution >= 0.6 is 11.8 Å². The number of benzene rings is 1. The molecule has 0 aliphatic rings. The van der Waals surface area contributed by atoms with Crippen molar-refractivity contribution < 1.29 is 14.3 Å². The van der Waals surface area contributed by atoms with Crippen LogP contribution in [0.2, 0.25) is 0 Å². The van der Waals surface area contributed by atoms with Gasteiger partial charge in [0.2, 0.25) is 0 Å². The molecule has 0 aliphatic heterocycles. The minimum Gasteiger partial charge on any atom is -0.480 e. The minimum absolute atomic E-state index is 0.262. The average molecular weight is 253 g/mol. The number of thioether (sulfide) groups is 1. The third kappa shape index (κ3) is 3.75. The van der Waals surface area contributed by atoms with E-state index in [9.17, 15) is 9.18 Å². The second-order valence-corrected chi connectivity index (χ2v) is 4.65. The molecule has 0 aliphatic carbocycles. The SMILES string of the molecule is CCC(SCc1ccc(F)cc1C#N)C(=O)O. The molecule has 5 heteroatoms. The lowest BCUT2D eigenvalue weighted by atomic mass is 10.1. The molecule has 90 valence electrons. The van der Waals surface area contributed by atoms with E-state index in [2.05, 4.69) is 0 Å². The molecule has 1 atom stereocenters. The lowest BCUT2D eigenvalue weighted by molar-refractivity contribution is -0.136. The van der Waals surface area contributed by atoms with E-state index in [1.807, 2.05) is 6.07 Å². The van der Waals surface area contributed by atoms with Crippen LogP contribution < -0.4 is 0 Å². The van der Waals surface area contributed by atoms with Gasteiger partial charge in [-0.1, -0.05) is 13.0 Å². The summed E-state index contributed by atoms with van der Waals surface area (Å²) in [5.41, 5.74) is 0.927. The van der Waals surface area contributed by atoms with Crippen molar-refractivity contribution in [3.8, 4) is 6.07 Å². The Hall–Kier alpha value is -1.54. The van der Waals surface area contributed by atoms with Gasteiger partial charge < -0.3 is 5.11 Å². The Morgan fingerprint density at radius 1 is 1.65 bits per heavy atom. The van der Waals surface area contributed by atoms with Crippen LogP contribution in [0.25, 0.3) is 0 Å². The van der Waals surface area contributed by atoms with Crippen molar-refractivity contribution in [2.24, 2.45) is 0 Å². The van der Waals surface area contributed by atoms with Gasteiger partial charge in [0.15, 0.2) is 0 Å². The Bertz CT molecular complexity index is 456. The fourth-order valence-electron chi connectivity index (χ4n) is 1.33. The highest BCUT2D eigenvalue weighted by atomic mass is 32.2. The number of carboxylic acid groups (broad SMARTS) is 1. The second-order valence-electron chi connectivity index (χ2n) is 3.46. The highest BCUT2D eigenvalue weighted by Crippen LogP contribution is 2.23. The molecule has 1 aromatic rings. The Labute approximate surface area is 103 Å². The van der Waals surface area contributed by atoms with Gasteiger partial charge in [-0.25, -0.2) is 4.39 Å². The topological polar surface area (TPSA) is 61.1 Å². The van der Waals surface area contributed by atoms with Crippen molar-refractivity contribution in [2.45, 2.75) is 24.3 Å². The quantitative estimate of drug-likeness (QED) is 0.876. The number of rotatable bonds is 5. The van der Waals surface area contributed by atoms with Crippen LogP contribution in [0.15, 0.2) is 18.2 Å². The van der Waals surface area contributed by atoms with Crippen LogP contribution in [0.1, 0.15) is 24.5 Å². The largest absolute Gasteiger partial charge is 0.480 e. The van der Waals surface area contributed by atoms with E-state index in [1.54, 1.807) is 6.92 Å². The molecule has 0 fully saturated rings. The van der Waals surface area contributed by atoms with Gasteiger partial charge in [0, 0.05) is 5.75 Å². The first-order chi connectivity index (χ1) is 8.08.